The van der Waals surface area contributed by atoms with Crippen molar-refractivity contribution in [3.05, 3.63) is 52.1 Å². The van der Waals surface area contributed by atoms with E-state index >= 15 is 0 Å². The highest BCUT2D eigenvalue weighted by molar-refractivity contribution is 6.32. The second kappa shape index (κ2) is 8.46. The minimum Gasteiger partial charge on any atom is -0.445 e. The zero-order valence-electron chi connectivity index (χ0n) is 13.5. The fraction of sp³-hybridized carbons (Fsp3) is 0.250. The van der Waals surface area contributed by atoms with Crippen LogP contribution in [-0.2, 0) is 10.9 Å². The Kier molecular flexibility index (Phi) is 6.55. The van der Waals surface area contributed by atoms with E-state index < -0.39 is 17.8 Å². The second-order valence-corrected chi connectivity index (χ2v) is 6.12. The van der Waals surface area contributed by atoms with Crippen molar-refractivity contribution in [2.75, 3.05) is 30.4 Å². The number of likely N-dealkylation sites (N-methyl/N-ethyl adjacent to an activating group) is 1. The number of carbonyl (C=O) groups is 1. The molecule has 0 aliphatic carbocycles. The van der Waals surface area contributed by atoms with Crippen LogP contribution in [0.3, 0.4) is 0 Å². The van der Waals surface area contributed by atoms with Gasteiger partial charge in [-0.3, -0.25) is 10.2 Å². The van der Waals surface area contributed by atoms with Crippen molar-refractivity contribution >= 4 is 40.8 Å². The largest absolute Gasteiger partial charge is 0.445 e. The van der Waals surface area contributed by atoms with Crippen molar-refractivity contribution < 1.29 is 27.7 Å². The lowest BCUT2D eigenvalue weighted by Crippen LogP contribution is -2.30. The minimum atomic E-state index is -4.49. The lowest BCUT2D eigenvalue weighted by Gasteiger charge is -2.14. The van der Waals surface area contributed by atoms with Crippen LogP contribution < -0.4 is 15.2 Å². The summed E-state index contributed by atoms with van der Waals surface area (Å²) >= 11 is 11.6. The number of hydrogen-bond donors (Lipinski definition) is 1. The molecule has 0 atom stereocenters. The maximum atomic E-state index is 12.6. The van der Waals surface area contributed by atoms with Gasteiger partial charge in [-0.2, -0.15) is 13.2 Å². The molecule has 0 saturated carbocycles. The van der Waals surface area contributed by atoms with Gasteiger partial charge in [-0.05, 0) is 30.3 Å². The Bertz CT molecular complexity index is 770. The van der Waals surface area contributed by atoms with Crippen LogP contribution >= 0.6 is 23.2 Å². The molecule has 0 aliphatic heterocycles. The first-order chi connectivity index (χ1) is 12.2. The molecule has 26 heavy (non-hydrogen) atoms. The third kappa shape index (κ3) is 5.67. The number of H-pyrrole nitrogens is 1. The Morgan fingerprint density at radius 1 is 1.27 bits per heavy atom. The number of aromatic nitrogens is 1. The van der Waals surface area contributed by atoms with Gasteiger partial charge in [0.15, 0.2) is 0 Å². The Morgan fingerprint density at radius 3 is 2.50 bits per heavy atom. The summed E-state index contributed by atoms with van der Waals surface area (Å²) < 4.78 is 42.9. The molecule has 1 aromatic carbocycles. The summed E-state index contributed by atoms with van der Waals surface area (Å²) in [6, 6.07) is 7.30. The quantitative estimate of drug-likeness (QED) is 0.791. The number of halogens is 5. The number of aromatic amines is 1. The first-order valence-electron chi connectivity index (χ1n) is 7.35. The normalized spacial score (nSPS) is 11.2. The molecular weight excluding hydrogens is 394 g/mol. The van der Waals surface area contributed by atoms with Crippen molar-refractivity contribution in [1.82, 2.24) is 0 Å². The number of benzene rings is 1. The highest BCUT2D eigenvalue weighted by Crippen LogP contribution is 2.31. The lowest BCUT2D eigenvalue weighted by molar-refractivity contribution is -0.367. The summed E-state index contributed by atoms with van der Waals surface area (Å²) in [7, 11) is 1.60. The fourth-order valence-electron chi connectivity index (χ4n) is 1.99. The van der Waals surface area contributed by atoms with E-state index in [1.165, 1.54) is 4.90 Å². The number of alkyl halides is 3. The molecule has 0 bridgehead atoms. The molecule has 2 rings (SSSR count). The number of rotatable bonds is 5. The molecule has 140 valence electrons. The number of ether oxygens (including phenoxy) is 1. The van der Waals surface area contributed by atoms with Gasteiger partial charge in [0, 0.05) is 10.7 Å². The van der Waals surface area contributed by atoms with Gasteiger partial charge in [0.1, 0.15) is 24.4 Å². The predicted octanol–water partition coefficient (Wildman–Crippen LogP) is 4.51. The molecule has 0 unspecified atom stereocenters. The molecular formula is C16H15Cl2F3N3O2+. The number of pyridine rings is 1. The van der Waals surface area contributed by atoms with Gasteiger partial charge in [-0.1, -0.05) is 23.2 Å². The maximum absolute atomic E-state index is 12.6. The third-order valence-corrected chi connectivity index (χ3v) is 3.87. The number of hydrogen-bond acceptors (Lipinski definition) is 3. The first kappa shape index (κ1) is 20.1. The van der Waals surface area contributed by atoms with Crippen LogP contribution in [0, 0.1) is 0 Å². The standard InChI is InChI=1S/C16H14Cl2F3N3O2/c1-24(14-13(18)8-10(9-22-14)16(19,20)21)6-7-26-15(25)23-12-4-2-11(17)3-5-12/h2-5,8-9H,6-7H2,1H3,(H,23,25)/p+1. The van der Waals surface area contributed by atoms with E-state index in [1.54, 1.807) is 31.3 Å². The van der Waals surface area contributed by atoms with Gasteiger partial charge in [0.25, 0.3) is 5.82 Å². The average molecular weight is 409 g/mol. The lowest BCUT2D eigenvalue weighted by atomic mass is 10.2. The maximum Gasteiger partial charge on any atom is 0.419 e. The average Bonchev–Trinajstić information content (AvgIpc) is 2.56. The minimum absolute atomic E-state index is 0.00111. The molecule has 2 N–H and O–H groups in total. The number of amides is 1. The van der Waals surface area contributed by atoms with E-state index in [9.17, 15) is 18.0 Å². The summed E-state index contributed by atoms with van der Waals surface area (Å²) in [4.78, 5) is 15.7. The molecule has 1 heterocycles. The third-order valence-electron chi connectivity index (χ3n) is 3.33. The predicted molar refractivity (Wildman–Crippen MR) is 92.7 cm³/mol. The molecule has 5 nitrogen and oxygen atoms in total. The Morgan fingerprint density at radius 2 is 1.92 bits per heavy atom. The van der Waals surface area contributed by atoms with Gasteiger partial charge in [-0.15, -0.1) is 0 Å². The van der Waals surface area contributed by atoms with Gasteiger partial charge in [0.05, 0.1) is 12.6 Å². The second-order valence-electron chi connectivity index (χ2n) is 5.27. The van der Waals surface area contributed by atoms with Crippen LogP contribution in [0.15, 0.2) is 36.5 Å². The van der Waals surface area contributed by atoms with Crippen LogP contribution in [0.1, 0.15) is 5.56 Å². The van der Waals surface area contributed by atoms with Crippen molar-refractivity contribution in [2.45, 2.75) is 6.18 Å². The number of nitrogens with zero attached hydrogens (tertiary/aromatic N) is 1. The van der Waals surface area contributed by atoms with Crippen LogP contribution in [0.4, 0.5) is 29.5 Å². The van der Waals surface area contributed by atoms with Crippen molar-refractivity contribution in [3.63, 3.8) is 0 Å². The summed E-state index contributed by atoms with van der Waals surface area (Å²) in [5.41, 5.74) is -0.356. The van der Waals surface area contributed by atoms with E-state index in [1.807, 2.05) is 0 Å². The zero-order valence-corrected chi connectivity index (χ0v) is 15.0. The number of carbonyl (C=O) groups excluding carboxylic acids is 1. The fourth-order valence-corrected chi connectivity index (χ4v) is 2.43. The van der Waals surface area contributed by atoms with Crippen LogP contribution in [-0.4, -0.2) is 26.3 Å². The van der Waals surface area contributed by atoms with Crippen molar-refractivity contribution in [2.24, 2.45) is 0 Å². The molecule has 2 aromatic rings. The van der Waals surface area contributed by atoms with Crippen molar-refractivity contribution in [3.8, 4) is 0 Å². The Balaban J connectivity index is 1.85. The molecule has 0 fully saturated rings. The number of nitrogens with one attached hydrogen (secondary N) is 2. The summed E-state index contributed by atoms with van der Waals surface area (Å²) in [6.07, 6.45) is -4.32. The summed E-state index contributed by atoms with van der Waals surface area (Å²) in [6.45, 7) is 0.219. The van der Waals surface area contributed by atoms with Gasteiger partial charge in [0.2, 0.25) is 0 Å². The van der Waals surface area contributed by atoms with Crippen LogP contribution in [0.2, 0.25) is 10.0 Å². The molecule has 1 aromatic heterocycles. The highest BCUT2D eigenvalue weighted by atomic mass is 35.5. The van der Waals surface area contributed by atoms with E-state index in [4.69, 9.17) is 27.9 Å². The highest BCUT2D eigenvalue weighted by Gasteiger charge is 2.33. The Hall–Kier alpha value is -2.19. The zero-order chi connectivity index (χ0) is 19.3. The van der Waals surface area contributed by atoms with E-state index in [0.29, 0.717) is 10.7 Å². The molecule has 0 radical (unpaired) electrons. The summed E-state index contributed by atoms with van der Waals surface area (Å²) in [5.74, 6) is 0.279. The van der Waals surface area contributed by atoms with Crippen molar-refractivity contribution in [1.29, 1.82) is 0 Å². The molecule has 1 amide bonds. The van der Waals surface area contributed by atoms with E-state index in [0.717, 1.165) is 12.3 Å². The first-order valence-corrected chi connectivity index (χ1v) is 8.11. The van der Waals surface area contributed by atoms with Gasteiger partial charge >= 0.3 is 12.3 Å². The molecule has 0 saturated heterocycles. The Labute approximate surface area is 157 Å². The molecule has 0 spiro atoms. The monoisotopic (exact) mass is 408 g/mol. The van der Waals surface area contributed by atoms with Crippen LogP contribution in [0.5, 0.6) is 0 Å². The summed E-state index contributed by atoms with van der Waals surface area (Å²) in [5, 5.41) is 2.97. The smallest absolute Gasteiger partial charge is 0.419 e. The topological polar surface area (TPSA) is 55.7 Å². The van der Waals surface area contributed by atoms with E-state index in [-0.39, 0.29) is 24.0 Å². The SMILES string of the molecule is CN(CCOC(=O)Nc1ccc(Cl)cc1)c1[nH+]cc(C(F)(F)F)cc1Cl. The van der Waals surface area contributed by atoms with Gasteiger partial charge in [-0.25, -0.2) is 9.78 Å². The molecule has 0 aliphatic rings. The number of anilines is 2. The van der Waals surface area contributed by atoms with Gasteiger partial charge < -0.3 is 4.74 Å². The van der Waals surface area contributed by atoms with E-state index in [2.05, 4.69) is 10.3 Å². The molecule has 10 heteroatoms. The van der Waals surface area contributed by atoms with Crippen LogP contribution in [0.25, 0.3) is 0 Å².